The molecule has 0 aliphatic carbocycles. The minimum absolute atomic E-state index is 0.0140. The highest BCUT2D eigenvalue weighted by molar-refractivity contribution is 7.91. The number of sulfone groups is 1. The molecule has 2 rings (SSSR count). The molecule has 1 atom stereocenters. The number of rotatable bonds is 4. The first-order valence-electron chi connectivity index (χ1n) is 6.21. The summed E-state index contributed by atoms with van der Waals surface area (Å²) in [6.45, 7) is 0. The summed E-state index contributed by atoms with van der Waals surface area (Å²) < 4.78 is 22.6. The third-order valence-corrected chi connectivity index (χ3v) is 5.38. The predicted molar refractivity (Wildman–Crippen MR) is 78.1 cm³/mol. The summed E-state index contributed by atoms with van der Waals surface area (Å²) in [4.78, 5) is 22.0. The maximum Gasteiger partial charge on any atom is 0.289 e. The number of anilines is 1. The van der Waals surface area contributed by atoms with E-state index in [2.05, 4.69) is 5.32 Å². The van der Waals surface area contributed by atoms with Gasteiger partial charge in [0.15, 0.2) is 9.84 Å². The first-order chi connectivity index (χ1) is 9.77. The minimum Gasteiger partial charge on any atom is -0.326 e. The second-order valence-corrected chi connectivity index (χ2v) is 7.58. The van der Waals surface area contributed by atoms with Gasteiger partial charge in [-0.1, -0.05) is 11.6 Å². The molecule has 0 unspecified atom stereocenters. The Morgan fingerprint density at radius 2 is 2.19 bits per heavy atom. The quantitative estimate of drug-likeness (QED) is 0.670. The van der Waals surface area contributed by atoms with Gasteiger partial charge in [-0.2, -0.15) is 0 Å². The lowest BCUT2D eigenvalue weighted by Gasteiger charge is -2.09. The number of amides is 1. The molecule has 1 aliphatic heterocycles. The van der Waals surface area contributed by atoms with E-state index in [-0.39, 0.29) is 46.1 Å². The summed E-state index contributed by atoms with van der Waals surface area (Å²) in [5.41, 5.74) is -0.0325. The topological polar surface area (TPSA) is 106 Å². The van der Waals surface area contributed by atoms with Crippen LogP contribution >= 0.6 is 11.6 Å². The molecule has 1 heterocycles. The van der Waals surface area contributed by atoms with Crippen molar-refractivity contribution in [2.24, 2.45) is 5.92 Å². The van der Waals surface area contributed by atoms with Crippen molar-refractivity contribution in [3.05, 3.63) is 33.3 Å². The second-order valence-electron chi connectivity index (χ2n) is 4.94. The molecule has 9 heteroatoms. The molecule has 1 amide bonds. The molecule has 1 fully saturated rings. The van der Waals surface area contributed by atoms with Crippen molar-refractivity contribution in [2.45, 2.75) is 12.8 Å². The molecule has 7 nitrogen and oxygen atoms in total. The smallest absolute Gasteiger partial charge is 0.289 e. The third kappa shape index (κ3) is 4.15. The molecule has 1 N–H and O–H groups in total. The monoisotopic (exact) mass is 332 g/mol. The Kier molecular flexibility index (Phi) is 4.48. The first kappa shape index (κ1) is 15.7. The van der Waals surface area contributed by atoms with Gasteiger partial charge >= 0.3 is 0 Å². The zero-order chi connectivity index (χ0) is 15.6. The molecule has 114 valence electrons. The fraction of sp³-hybridized carbons (Fsp3) is 0.417. The van der Waals surface area contributed by atoms with E-state index >= 15 is 0 Å². The van der Waals surface area contributed by atoms with E-state index in [1.54, 1.807) is 0 Å². The highest BCUT2D eigenvalue weighted by Gasteiger charge is 2.29. The number of halogens is 1. The summed E-state index contributed by atoms with van der Waals surface area (Å²) >= 11 is 5.68. The molecule has 21 heavy (non-hydrogen) atoms. The average Bonchev–Trinajstić information content (AvgIpc) is 2.70. The summed E-state index contributed by atoms with van der Waals surface area (Å²) in [5, 5.41) is 13.3. The van der Waals surface area contributed by atoms with Gasteiger partial charge in [-0.15, -0.1) is 0 Å². The number of carbonyl (C=O) groups is 1. The molecular weight excluding hydrogens is 320 g/mol. The van der Waals surface area contributed by atoms with Gasteiger partial charge in [0.1, 0.15) is 5.02 Å². The zero-order valence-corrected chi connectivity index (χ0v) is 12.5. The van der Waals surface area contributed by atoms with Crippen LogP contribution in [0, 0.1) is 16.0 Å². The molecule has 1 saturated heterocycles. The second kappa shape index (κ2) is 5.98. The van der Waals surface area contributed by atoms with Crippen LogP contribution in [0.2, 0.25) is 5.02 Å². The van der Waals surface area contributed by atoms with E-state index in [4.69, 9.17) is 11.6 Å². The molecule has 1 aromatic carbocycles. The molecule has 0 saturated carbocycles. The van der Waals surface area contributed by atoms with Crippen LogP contribution in [0.15, 0.2) is 18.2 Å². The van der Waals surface area contributed by atoms with Gasteiger partial charge in [0, 0.05) is 18.2 Å². The Balaban J connectivity index is 2.00. The van der Waals surface area contributed by atoms with Gasteiger partial charge in [-0.05, 0) is 24.5 Å². The number of hydrogen-bond donors (Lipinski definition) is 1. The Labute approximate surface area is 126 Å². The SMILES string of the molecule is O=C(C[C@@H]1CCS(=O)(=O)C1)Nc1ccc(Cl)c([N+](=O)[O-])c1. The summed E-state index contributed by atoms with van der Waals surface area (Å²) in [6.07, 6.45) is 0.548. The molecule has 1 aromatic rings. The minimum atomic E-state index is -3.02. The maximum absolute atomic E-state index is 11.8. The van der Waals surface area contributed by atoms with Crippen LogP contribution in [0.3, 0.4) is 0 Å². The van der Waals surface area contributed by atoms with Crippen LogP contribution in [0.25, 0.3) is 0 Å². The Hall–Kier alpha value is -1.67. The first-order valence-corrected chi connectivity index (χ1v) is 8.41. The number of hydrogen-bond acceptors (Lipinski definition) is 5. The number of nitro benzene ring substituents is 1. The highest BCUT2D eigenvalue weighted by atomic mass is 35.5. The van der Waals surface area contributed by atoms with Crippen LogP contribution in [0.1, 0.15) is 12.8 Å². The molecule has 1 aliphatic rings. The normalized spacial score (nSPS) is 20.1. The van der Waals surface area contributed by atoms with Crippen molar-refractivity contribution in [1.29, 1.82) is 0 Å². The third-order valence-electron chi connectivity index (χ3n) is 3.23. The van der Waals surface area contributed by atoms with Crippen molar-refractivity contribution in [3.8, 4) is 0 Å². The van der Waals surface area contributed by atoms with Crippen LogP contribution < -0.4 is 5.32 Å². The van der Waals surface area contributed by atoms with Crippen molar-refractivity contribution >= 4 is 38.7 Å². The number of carbonyl (C=O) groups excluding carboxylic acids is 1. The van der Waals surface area contributed by atoms with Gasteiger partial charge in [0.25, 0.3) is 5.69 Å². The number of nitro groups is 1. The van der Waals surface area contributed by atoms with Gasteiger partial charge in [0.2, 0.25) is 5.91 Å². The number of benzene rings is 1. The standard InChI is InChI=1S/C12H13ClN2O5S/c13-10-2-1-9(6-11(10)15(17)18)14-12(16)5-8-3-4-21(19,20)7-8/h1-2,6,8H,3-5,7H2,(H,14,16)/t8-/m0/s1. The van der Waals surface area contributed by atoms with E-state index < -0.39 is 14.8 Å². The van der Waals surface area contributed by atoms with Gasteiger partial charge in [-0.25, -0.2) is 8.42 Å². The van der Waals surface area contributed by atoms with Gasteiger partial charge in [0.05, 0.1) is 16.4 Å². The van der Waals surface area contributed by atoms with Gasteiger partial charge < -0.3 is 5.32 Å². The summed E-state index contributed by atoms with van der Waals surface area (Å²) in [6, 6.07) is 3.96. The number of nitrogens with zero attached hydrogens (tertiary/aromatic N) is 1. The fourth-order valence-corrected chi connectivity index (χ4v) is 4.29. The maximum atomic E-state index is 11.8. The summed E-state index contributed by atoms with van der Waals surface area (Å²) in [7, 11) is -3.02. The fourth-order valence-electron chi connectivity index (χ4n) is 2.24. The molecule has 0 aromatic heterocycles. The zero-order valence-electron chi connectivity index (χ0n) is 10.9. The Bertz CT molecular complexity index is 689. The van der Waals surface area contributed by atoms with E-state index in [0.29, 0.717) is 6.42 Å². The average molecular weight is 333 g/mol. The largest absolute Gasteiger partial charge is 0.326 e. The Morgan fingerprint density at radius 3 is 2.76 bits per heavy atom. The van der Waals surface area contributed by atoms with Gasteiger partial charge in [-0.3, -0.25) is 14.9 Å². The molecule has 0 radical (unpaired) electrons. The molecule has 0 bridgehead atoms. The van der Waals surface area contributed by atoms with E-state index in [0.717, 1.165) is 0 Å². The van der Waals surface area contributed by atoms with Crippen molar-refractivity contribution < 1.29 is 18.1 Å². The van der Waals surface area contributed by atoms with Crippen LogP contribution in [-0.4, -0.2) is 30.8 Å². The molecular formula is C12H13ClN2O5S. The van der Waals surface area contributed by atoms with Crippen molar-refractivity contribution in [3.63, 3.8) is 0 Å². The highest BCUT2D eigenvalue weighted by Crippen LogP contribution is 2.28. The number of nitrogens with one attached hydrogen (secondary N) is 1. The summed E-state index contributed by atoms with van der Waals surface area (Å²) in [5.74, 6) is -0.440. The van der Waals surface area contributed by atoms with E-state index in [1.807, 2.05) is 0 Å². The van der Waals surface area contributed by atoms with E-state index in [9.17, 15) is 23.3 Å². The lowest BCUT2D eigenvalue weighted by molar-refractivity contribution is -0.384. The van der Waals surface area contributed by atoms with E-state index in [1.165, 1.54) is 18.2 Å². The lowest BCUT2D eigenvalue weighted by atomic mass is 10.1. The van der Waals surface area contributed by atoms with Crippen LogP contribution in [0.4, 0.5) is 11.4 Å². The van der Waals surface area contributed by atoms with Crippen LogP contribution in [-0.2, 0) is 14.6 Å². The lowest BCUT2D eigenvalue weighted by Crippen LogP contribution is -2.17. The molecule has 0 spiro atoms. The Morgan fingerprint density at radius 1 is 1.48 bits per heavy atom. The predicted octanol–water partition coefficient (Wildman–Crippen LogP) is 2.01. The van der Waals surface area contributed by atoms with Crippen molar-refractivity contribution in [2.75, 3.05) is 16.8 Å². The van der Waals surface area contributed by atoms with Crippen LogP contribution in [0.5, 0.6) is 0 Å². The van der Waals surface area contributed by atoms with Crippen molar-refractivity contribution in [1.82, 2.24) is 0 Å².